The molecule has 2 rings (SSSR count). The maximum atomic E-state index is 11.4. The SMILES string of the molecule is C[S@](=O)c1scc(-c2cccs2)c1C#N. The molecule has 15 heavy (non-hydrogen) atoms. The minimum absolute atomic E-state index is 0.559. The van der Waals surface area contributed by atoms with Gasteiger partial charge in [-0.25, -0.2) is 0 Å². The number of hydrogen-bond acceptors (Lipinski definition) is 4. The molecule has 0 aromatic carbocycles. The Bertz CT molecular complexity index is 534. The Morgan fingerprint density at radius 2 is 2.27 bits per heavy atom. The van der Waals surface area contributed by atoms with Crippen molar-refractivity contribution >= 4 is 33.5 Å². The fourth-order valence-electron chi connectivity index (χ4n) is 1.27. The van der Waals surface area contributed by atoms with Crippen molar-refractivity contribution in [1.29, 1.82) is 5.26 Å². The van der Waals surface area contributed by atoms with Crippen LogP contribution in [0.15, 0.2) is 27.1 Å². The van der Waals surface area contributed by atoms with Gasteiger partial charge in [-0.3, -0.25) is 4.21 Å². The van der Waals surface area contributed by atoms with Crippen molar-refractivity contribution in [3.8, 4) is 16.5 Å². The third-order valence-corrected chi connectivity index (χ3v) is 5.31. The molecule has 0 fully saturated rings. The summed E-state index contributed by atoms with van der Waals surface area (Å²) >= 11 is 2.98. The number of hydrogen-bond donors (Lipinski definition) is 0. The molecule has 0 saturated carbocycles. The fourth-order valence-corrected chi connectivity index (χ4v) is 3.97. The van der Waals surface area contributed by atoms with E-state index in [1.165, 1.54) is 11.3 Å². The van der Waals surface area contributed by atoms with E-state index in [4.69, 9.17) is 5.26 Å². The van der Waals surface area contributed by atoms with Crippen LogP contribution in [0, 0.1) is 11.3 Å². The lowest BCUT2D eigenvalue weighted by atomic mass is 10.2. The number of nitriles is 1. The van der Waals surface area contributed by atoms with Gasteiger partial charge in [-0.15, -0.1) is 22.7 Å². The number of thiophene rings is 2. The third kappa shape index (κ3) is 1.88. The van der Waals surface area contributed by atoms with Gasteiger partial charge in [0.2, 0.25) is 0 Å². The maximum Gasteiger partial charge on any atom is 0.109 e. The van der Waals surface area contributed by atoms with Crippen LogP contribution in [0.25, 0.3) is 10.4 Å². The Morgan fingerprint density at radius 3 is 2.80 bits per heavy atom. The van der Waals surface area contributed by atoms with Gasteiger partial charge in [0.25, 0.3) is 0 Å². The van der Waals surface area contributed by atoms with Crippen LogP contribution in [0.2, 0.25) is 0 Å². The van der Waals surface area contributed by atoms with E-state index >= 15 is 0 Å². The van der Waals surface area contributed by atoms with E-state index in [1.54, 1.807) is 17.6 Å². The van der Waals surface area contributed by atoms with E-state index in [-0.39, 0.29) is 0 Å². The van der Waals surface area contributed by atoms with Crippen molar-refractivity contribution < 1.29 is 4.21 Å². The molecule has 2 nitrogen and oxygen atoms in total. The Labute approximate surface area is 98.3 Å². The summed E-state index contributed by atoms with van der Waals surface area (Å²) in [5, 5.41) is 12.9. The lowest BCUT2D eigenvalue weighted by Crippen LogP contribution is -1.86. The monoisotopic (exact) mass is 253 g/mol. The number of nitrogens with zero attached hydrogens (tertiary/aromatic N) is 1. The van der Waals surface area contributed by atoms with Gasteiger partial charge < -0.3 is 0 Å². The zero-order valence-corrected chi connectivity index (χ0v) is 10.3. The van der Waals surface area contributed by atoms with Crippen LogP contribution in [-0.4, -0.2) is 10.5 Å². The predicted molar refractivity (Wildman–Crippen MR) is 64.7 cm³/mol. The molecule has 0 unspecified atom stereocenters. The Kier molecular flexibility index (Phi) is 3.00. The first-order valence-corrected chi connectivity index (χ1v) is 7.44. The zero-order valence-electron chi connectivity index (χ0n) is 7.89. The quantitative estimate of drug-likeness (QED) is 0.825. The minimum atomic E-state index is -1.08. The summed E-state index contributed by atoms with van der Waals surface area (Å²) < 4.78 is 12.0. The molecule has 0 saturated heterocycles. The minimum Gasteiger partial charge on any atom is -0.254 e. The highest BCUT2D eigenvalue weighted by Gasteiger charge is 2.15. The van der Waals surface area contributed by atoms with Crippen LogP contribution in [0.1, 0.15) is 5.56 Å². The molecule has 0 N–H and O–H groups in total. The van der Waals surface area contributed by atoms with Gasteiger partial charge in [0.05, 0.1) is 16.4 Å². The van der Waals surface area contributed by atoms with Crippen LogP contribution in [0.3, 0.4) is 0 Å². The smallest absolute Gasteiger partial charge is 0.109 e. The Morgan fingerprint density at radius 1 is 1.47 bits per heavy atom. The molecule has 5 heteroatoms. The first-order valence-electron chi connectivity index (χ1n) is 4.13. The molecule has 0 amide bonds. The summed E-state index contributed by atoms with van der Waals surface area (Å²) in [6.45, 7) is 0. The van der Waals surface area contributed by atoms with E-state index in [9.17, 15) is 4.21 Å². The highest BCUT2D eigenvalue weighted by atomic mass is 32.2. The molecule has 0 bridgehead atoms. The average molecular weight is 253 g/mol. The molecule has 0 radical (unpaired) electrons. The highest BCUT2D eigenvalue weighted by molar-refractivity contribution is 7.86. The predicted octanol–water partition coefficient (Wildman–Crippen LogP) is 3.09. The molecule has 0 aliphatic heterocycles. The van der Waals surface area contributed by atoms with Crippen molar-refractivity contribution in [3.63, 3.8) is 0 Å². The largest absolute Gasteiger partial charge is 0.254 e. The first-order chi connectivity index (χ1) is 7.24. The molecule has 0 spiro atoms. The summed E-state index contributed by atoms with van der Waals surface area (Å²) in [5.74, 6) is 0. The summed E-state index contributed by atoms with van der Waals surface area (Å²) in [6.07, 6.45) is 1.60. The second-order valence-electron chi connectivity index (χ2n) is 2.86. The van der Waals surface area contributed by atoms with Crippen LogP contribution in [0.5, 0.6) is 0 Å². The molecule has 2 aromatic heterocycles. The zero-order chi connectivity index (χ0) is 10.8. The van der Waals surface area contributed by atoms with Gasteiger partial charge in [0.1, 0.15) is 10.3 Å². The molecular weight excluding hydrogens is 246 g/mol. The molecule has 1 atom stereocenters. The van der Waals surface area contributed by atoms with Crippen LogP contribution < -0.4 is 0 Å². The van der Waals surface area contributed by atoms with Crippen LogP contribution in [0.4, 0.5) is 0 Å². The average Bonchev–Trinajstić information content (AvgIpc) is 2.85. The van der Waals surface area contributed by atoms with Crippen molar-refractivity contribution in [1.82, 2.24) is 0 Å². The second-order valence-corrected chi connectivity index (χ2v) is 6.26. The fraction of sp³-hybridized carbons (Fsp3) is 0.100. The lowest BCUT2D eigenvalue weighted by molar-refractivity contribution is 0.688. The lowest BCUT2D eigenvalue weighted by Gasteiger charge is -1.94. The molecule has 2 heterocycles. The normalized spacial score (nSPS) is 12.3. The molecular formula is C10H7NOS3. The molecule has 76 valence electrons. The topological polar surface area (TPSA) is 40.9 Å². The van der Waals surface area contributed by atoms with Gasteiger partial charge in [-0.1, -0.05) is 6.07 Å². The summed E-state index contributed by atoms with van der Waals surface area (Å²) in [6, 6.07) is 6.05. The molecule has 2 aromatic rings. The van der Waals surface area contributed by atoms with E-state index < -0.39 is 10.8 Å². The summed E-state index contributed by atoms with van der Waals surface area (Å²) in [4.78, 5) is 1.06. The van der Waals surface area contributed by atoms with Crippen molar-refractivity contribution in [2.24, 2.45) is 0 Å². The van der Waals surface area contributed by atoms with Gasteiger partial charge >= 0.3 is 0 Å². The molecule has 0 aliphatic rings. The maximum absolute atomic E-state index is 11.4. The standard InChI is InChI=1S/C10H7NOS3/c1-15(12)10-7(5-11)8(6-14-10)9-3-2-4-13-9/h2-4,6H,1H3/t15-/m0/s1. The summed E-state index contributed by atoms with van der Waals surface area (Å²) in [7, 11) is -1.08. The number of rotatable bonds is 2. The van der Waals surface area contributed by atoms with Gasteiger partial charge in [0, 0.05) is 22.1 Å². The van der Waals surface area contributed by atoms with E-state index in [2.05, 4.69) is 6.07 Å². The van der Waals surface area contributed by atoms with E-state index in [0.717, 1.165) is 10.4 Å². The van der Waals surface area contributed by atoms with Crippen molar-refractivity contribution in [2.75, 3.05) is 6.26 Å². The van der Waals surface area contributed by atoms with Crippen molar-refractivity contribution in [2.45, 2.75) is 4.21 Å². The Hall–Kier alpha value is -0.960. The van der Waals surface area contributed by atoms with Crippen LogP contribution >= 0.6 is 22.7 Å². The first kappa shape index (κ1) is 10.6. The van der Waals surface area contributed by atoms with E-state index in [0.29, 0.717) is 9.77 Å². The second kappa shape index (κ2) is 4.27. The van der Waals surface area contributed by atoms with Crippen LogP contribution in [-0.2, 0) is 10.8 Å². The third-order valence-electron chi connectivity index (χ3n) is 1.92. The highest BCUT2D eigenvalue weighted by Crippen LogP contribution is 2.35. The summed E-state index contributed by atoms with van der Waals surface area (Å²) in [5.41, 5.74) is 1.46. The van der Waals surface area contributed by atoms with Gasteiger partial charge in [-0.05, 0) is 11.4 Å². The van der Waals surface area contributed by atoms with Gasteiger partial charge in [0.15, 0.2) is 0 Å². The molecule has 0 aliphatic carbocycles. The van der Waals surface area contributed by atoms with Gasteiger partial charge in [-0.2, -0.15) is 5.26 Å². The van der Waals surface area contributed by atoms with Crippen molar-refractivity contribution in [3.05, 3.63) is 28.5 Å². The Balaban J connectivity index is 2.61. The van der Waals surface area contributed by atoms with E-state index in [1.807, 2.05) is 22.9 Å².